The molecule has 1 aliphatic heterocycles. The Labute approximate surface area is 391 Å². The van der Waals surface area contributed by atoms with Gasteiger partial charge in [0.05, 0.1) is 17.5 Å². The lowest BCUT2D eigenvalue weighted by molar-refractivity contribution is 0.0436. The monoisotopic (exact) mass is 887 g/mol. The minimum Gasteiger partial charge on any atom is -0.507 e. The van der Waals surface area contributed by atoms with Crippen molar-refractivity contribution in [2.24, 2.45) is 35.5 Å². The maximum absolute atomic E-state index is 14.1. The molecule has 64 heavy (non-hydrogen) atoms. The van der Waals surface area contributed by atoms with E-state index in [-0.39, 0.29) is 47.2 Å². The van der Waals surface area contributed by atoms with Gasteiger partial charge in [0.15, 0.2) is 11.6 Å². The highest BCUT2D eigenvalue weighted by Crippen LogP contribution is 2.46. The number of benzene rings is 2. The van der Waals surface area contributed by atoms with Gasteiger partial charge in [-0.1, -0.05) is 151 Å². The minimum absolute atomic E-state index is 0.00726. The first-order valence-electron chi connectivity index (χ1n) is 25.9. The summed E-state index contributed by atoms with van der Waals surface area (Å²) in [5.74, 6) is 4.46. The molecule has 1 heterocycles. The maximum Gasteiger partial charge on any atom is 0.189 e. The standard InChI is InChI=1S/C58H94O6/c1-37(2)21-15-23-39(5)25-17-27-41(7)29-19-30-43(9)35-50(59)53-49(55(62)44(10)45(11)56(53)63)33-32-48-46(12)54(61)47(13)52-51(60)36-58(14,64-57(48)52)34-20-31-42(8)28-18-26-40(6)24-16-22-38(3)4/h35,37-42,61-63H,15-34,36H2,1-14H3/b43-35+. The lowest BCUT2D eigenvalue weighted by atomic mass is 9.81. The molecule has 0 aliphatic carbocycles. The Morgan fingerprint density at radius 3 is 1.53 bits per heavy atom. The molecule has 0 aromatic heterocycles. The van der Waals surface area contributed by atoms with Crippen LogP contribution >= 0.6 is 0 Å². The minimum atomic E-state index is -0.688. The molecule has 0 saturated heterocycles. The number of carbonyl (C=O) groups is 2. The normalized spacial score (nSPS) is 17.4. The SMILES string of the molecule is C/C(=C\C(=O)c1c(O)c(C)c(C)c(O)c1CCc1c(C)c(O)c(C)c2c1OC(C)(CCCC(C)CCCC(C)CCCC(C)C)CC2=O)CCCC(C)CCCC(C)CCCC(C)C. The molecule has 362 valence electrons. The fourth-order valence-electron chi connectivity index (χ4n) is 10.3. The van der Waals surface area contributed by atoms with Crippen molar-refractivity contribution >= 4 is 11.6 Å². The molecule has 6 heteroatoms. The summed E-state index contributed by atoms with van der Waals surface area (Å²) in [6.07, 6.45) is 23.5. The summed E-state index contributed by atoms with van der Waals surface area (Å²) >= 11 is 0. The lowest BCUT2D eigenvalue weighted by Gasteiger charge is -2.38. The van der Waals surface area contributed by atoms with E-state index in [9.17, 15) is 24.9 Å². The van der Waals surface area contributed by atoms with Gasteiger partial charge in [-0.2, -0.15) is 0 Å². The Morgan fingerprint density at radius 1 is 0.594 bits per heavy atom. The first-order chi connectivity index (χ1) is 30.1. The number of phenolic OH excluding ortho intramolecular Hbond substituents is 3. The predicted molar refractivity (Wildman–Crippen MR) is 270 cm³/mol. The summed E-state index contributed by atoms with van der Waals surface area (Å²) in [6.45, 7) is 29.8. The van der Waals surface area contributed by atoms with Crippen LogP contribution < -0.4 is 4.74 Å². The molecule has 0 amide bonds. The van der Waals surface area contributed by atoms with Gasteiger partial charge in [0.2, 0.25) is 0 Å². The molecule has 0 spiro atoms. The Kier molecular flexibility index (Phi) is 22.5. The lowest BCUT2D eigenvalue weighted by Crippen LogP contribution is -2.40. The van der Waals surface area contributed by atoms with Crippen LogP contribution in [0.15, 0.2) is 11.6 Å². The fraction of sp³-hybridized carbons (Fsp3) is 0.724. The quantitative estimate of drug-likeness (QED) is 0.0427. The summed E-state index contributed by atoms with van der Waals surface area (Å²) in [6, 6.07) is 0. The van der Waals surface area contributed by atoms with Crippen LogP contribution in [0.25, 0.3) is 0 Å². The molecular formula is C58H94O6. The van der Waals surface area contributed by atoms with Crippen molar-refractivity contribution in [1.82, 2.24) is 0 Å². The number of allylic oxidation sites excluding steroid dienone is 2. The van der Waals surface area contributed by atoms with Gasteiger partial charge in [0, 0.05) is 16.7 Å². The number of rotatable bonds is 29. The number of fused-ring (bicyclic) bond motifs is 1. The molecule has 0 fully saturated rings. The summed E-state index contributed by atoms with van der Waals surface area (Å²) in [5.41, 5.74) is 4.04. The van der Waals surface area contributed by atoms with Crippen LogP contribution in [-0.4, -0.2) is 32.5 Å². The van der Waals surface area contributed by atoms with Crippen LogP contribution in [0.5, 0.6) is 23.0 Å². The van der Waals surface area contributed by atoms with Crippen LogP contribution in [0.1, 0.15) is 245 Å². The molecule has 0 radical (unpaired) electrons. The van der Waals surface area contributed by atoms with Crippen molar-refractivity contribution in [3.63, 3.8) is 0 Å². The van der Waals surface area contributed by atoms with E-state index in [4.69, 9.17) is 4.74 Å². The van der Waals surface area contributed by atoms with Crippen molar-refractivity contribution in [2.45, 2.75) is 237 Å². The van der Waals surface area contributed by atoms with E-state index in [0.29, 0.717) is 63.0 Å². The van der Waals surface area contributed by atoms with Crippen molar-refractivity contribution in [3.8, 4) is 23.0 Å². The molecule has 3 rings (SSSR count). The number of aromatic hydroxyl groups is 3. The summed E-state index contributed by atoms with van der Waals surface area (Å²) < 4.78 is 6.89. The first-order valence-corrected chi connectivity index (χ1v) is 25.9. The van der Waals surface area contributed by atoms with E-state index in [1.807, 2.05) is 20.8 Å². The first kappa shape index (κ1) is 55.1. The van der Waals surface area contributed by atoms with Gasteiger partial charge >= 0.3 is 0 Å². The summed E-state index contributed by atoms with van der Waals surface area (Å²) in [5, 5.41) is 34.4. The largest absolute Gasteiger partial charge is 0.507 e. The Morgan fingerprint density at radius 2 is 1.03 bits per heavy atom. The van der Waals surface area contributed by atoms with Gasteiger partial charge in [-0.05, 0) is 138 Å². The topological polar surface area (TPSA) is 104 Å². The molecule has 0 saturated carbocycles. The molecular weight excluding hydrogens is 793 g/mol. The number of hydrogen-bond donors (Lipinski definition) is 3. The van der Waals surface area contributed by atoms with E-state index in [1.165, 1.54) is 77.0 Å². The average molecular weight is 887 g/mol. The van der Waals surface area contributed by atoms with Crippen molar-refractivity contribution in [2.75, 3.05) is 0 Å². The Balaban J connectivity index is 1.72. The molecule has 5 unspecified atom stereocenters. The van der Waals surface area contributed by atoms with E-state index in [2.05, 4.69) is 55.4 Å². The smallest absolute Gasteiger partial charge is 0.189 e. The highest BCUT2D eigenvalue weighted by molar-refractivity contribution is 6.09. The third kappa shape index (κ3) is 16.6. The molecule has 1 aliphatic rings. The zero-order valence-electron chi connectivity index (χ0n) is 43.5. The highest BCUT2D eigenvalue weighted by Gasteiger charge is 2.40. The molecule has 2 aromatic carbocycles. The van der Waals surface area contributed by atoms with E-state index in [0.717, 1.165) is 67.8 Å². The zero-order valence-corrected chi connectivity index (χ0v) is 43.5. The van der Waals surface area contributed by atoms with E-state index in [1.54, 1.807) is 26.8 Å². The third-order valence-corrected chi connectivity index (χ3v) is 15.0. The predicted octanol–water partition coefficient (Wildman–Crippen LogP) is 16.6. The maximum atomic E-state index is 14.1. The third-order valence-electron chi connectivity index (χ3n) is 15.0. The number of phenols is 3. The molecule has 0 bridgehead atoms. The Bertz CT molecular complexity index is 1850. The number of Topliss-reactive ketones (excluding diaryl/α,β-unsaturated/α-hetero) is 1. The number of carbonyl (C=O) groups excluding carboxylic acids is 2. The van der Waals surface area contributed by atoms with Crippen LogP contribution in [-0.2, 0) is 12.8 Å². The second-order valence-electron chi connectivity index (χ2n) is 22.3. The molecule has 2 aromatic rings. The van der Waals surface area contributed by atoms with Gasteiger partial charge in [-0.15, -0.1) is 0 Å². The highest BCUT2D eigenvalue weighted by atomic mass is 16.5. The van der Waals surface area contributed by atoms with Gasteiger partial charge in [-0.25, -0.2) is 0 Å². The second kappa shape index (κ2) is 26.2. The van der Waals surface area contributed by atoms with Gasteiger partial charge in [0.25, 0.3) is 0 Å². The van der Waals surface area contributed by atoms with Gasteiger partial charge in [0.1, 0.15) is 28.6 Å². The summed E-state index contributed by atoms with van der Waals surface area (Å²) in [7, 11) is 0. The van der Waals surface area contributed by atoms with Crippen LogP contribution in [0.3, 0.4) is 0 Å². The van der Waals surface area contributed by atoms with E-state index >= 15 is 0 Å². The number of hydrogen-bond acceptors (Lipinski definition) is 6. The fourth-order valence-corrected chi connectivity index (χ4v) is 10.3. The number of ether oxygens (including phenoxy) is 1. The number of ketones is 2. The van der Waals surface area contributed by atoms with Gasteiger partial charge in [-0.3, -0.25) is 9.59 Å². The summed E-state index contributed by atoms with van der Waals surface area (Å²) in [4.78, 5) is 28.1. The Hall–Kier alpha value is -3.28. The molecule has 5 atom stereocenters. The molecule has 6 nitrogen and oxygen atoms in total. The van der Waals surface area contributed by atoms with Crippen molar-refractivity contribution < 1.29 is 29.6 Å². The van der Waals surface area contributed by atoms with Crippen LogP contribution in [0, 0.1) is 63.2 Å². The second-order valence-corrected chi connectivity index (χ2v) is 22.3. The molecule has 3 N–H and O–H groups in total. The van der Waals surface area contributed by atoms with Crippen LogP contribution in [0.4, 0.5) is 0 Å². The van der Waals surface area contributed by atoms with Crippen LogP contribution in [0.2, 0.25) is 0 Å². The average Bonchev–Trinajstić information content (AvgIpc) is 3.20. The van der Waals surface area contributed by atoms with E-state index < -0.39 is 5.60 Å². The van der Waals surface area contributed by atoms with Crippen molar-refractivity contribution in [1.29, 1.82) is 0 Å². The van der Waals surface area contributed by atoms with Gasteiger partial charge < -0.3 is 20.1 Å². The van der Waals surface area contributed by atoms with Crippen molar-refractivity contribution in [3.05, 3.63) is 56.2 Å². The zero-order chi connectivity index (χ0) is 47.9.